The monoisotopic (exact) mass is 329 g/mol. The minimum atomic E-state index is -3.61. The Labute approximate surface area is 131 Å². The van der Waals surface area contributed by atoms with Crippen molar-refractivity contribution in [3.05, 3.63) is 6.20 Å². The van der Waals surface area contributed by atoms with Gasteiger partial charge in [-0.25, -0.2) is 13.1 Å². The van der Waals surface area contributed by atoms with Gasteiger partial charge < -0.3 is 9.47 Å². The summed E-state index contributed by atoms with van der Waals surface area (Å²) in [5.74, 6) is 0.366. The second-order valence-corrected chi connectivity index (χ2v) is 8.73. The summed E-state index contributed by atoms with van der Waals surface area (Å²) >= 11 is 0. The molecular formula is C14H23N3O4S. The molecule has 0 aliphatic carbocycles. The first-order valence-corrected chi connectivity index (χ1v) is 9.04. The van der Waals surface area contributed by atoms with Crippen LogP contribution < -0.4 is 4.74 Å². The number of hydrogen-bond donors (Lipinski definition) is 0. The first-order valence-electron chi connectivity index (χ1n) is 7.60. The highest BCUT2D eigenvalue weighted by atomic mass is 32.2. The van der Waals surface area contributed by atoms with E-state index in [0.717, 1.165) is 6.42 Å². The molecule has 0 spiro atoms. The molecule has 0 N–H and O–H groups in total. The zero-order valence-corrected chi connectivity index (χ0v) is 14.1. The van der Waals surface area contributed by atoms with Crippen LogP contribution in [0, 0.1) is 5.41 Å². The molecule has 0 radical (unpaired) electrons. The van der Waals surface area contributed by atoms with Gasteiger partial charge in [0, 0.05) is 26.1 Å². The van der Waals surface area contributed by atoms with Crippen molar-refractivity contribution in [1.29, 1.82) is 0 Å². The van der Waals surface area contributed by atoms with Crippen molar-refractivity contribution in [1.82, 2.24) is 14.1 Å². The van der Waals surface area contributed by atoms with Gasteiger partial charge in [-0.2, -0.15) is 9.40 Å². The number of ether oxygens (including phenoxy) is 2. The van der Waals surface area contributed by atoms with Crippen LogP contribution >= 0.6 is 0 Å². The molecule has 2 aliphatic rings. The average Bonchev–Trinajstić information content (AvgIpc) is 2.91. The van der Waals surface area contributed by atoms with E-state index in [1.165, 1.54) is 10.5 Å². The Morgan fingerprint density at radius 2 is 2.05 bits per heavy atom. The minimum Gasteiger partial charge on any atom is -0.477 e. The summed E-state index contributed by atoms with van der Waals surface area (Å²) in [4.78, 5) is 0.168. The van der Waals surface area contributed by atoms with E-state index in [-0.39, 0.29) is 16.4 Å². The number of rotatable bonds is 2. The topological polar surface area (TPSA) is 73.7 Å². The van der Waals surface area contributed by atoms with Crippen LogP contribution in [0.5, 0.6) is 5.88 Å². The summed E-state index contributed by atoms with van der Waals surface area (Å²) in [5.41, 5.74) is -0.108. The maximum absolute atomic E-state index is 12.9. The lowest BCUT2D eigenvalue weighted by Crippen LogP contribution is -2.50. The lowest BCUT2D eigenvalue weighted by molar-refractivity contribution is -0.0591. The summed E-state index contributed by atoms with van der Waals surface area (Å²) in [5, 5.41) is 4.14. The van der Waals surface area contributed by atoms with E-state index in [1.54, 1.807) is 4.68 Å². The van der Waals surface area contributed by atoms with Gasteiger partial charge >= 0.3 is 0 Å². The fourth-order valence-corrected chi connectivity index (χ4v) is 4.22. The Morgan fingerprint density at radius 3 is 2.77 bits per heavy atom. The molecule has 8 heteroatoms. The lowest BCUT2D eigenvalue weighted by atomic mass is 9.88. The van der Waals surface area contributed by atoms with E-state index in [4.69, 9.17) is 9.47 Å². The maximum Gasteiger partial charge on any atom is 0.250 e. The Morgan fingerprint density at radius 1 is 1.27 bits per heavy atom. The molecule has 1 aromatic heterocycles. The molecular weight excluding hydrogens is 306 g/mol. The smallest absolute Gasteiger partial charge is 0.250 e. The van der Waals surface area contributed by atoms with E-state index in [9.17, 15) is 8.42 Å². The second-order valence-electron chi connectivity index (χ2n) is 6.83. The molecule has 124 valence electrons. The van der Waals surface area contributed by atoms with E-state index < -0.39 is 10.0 Å². The van der Waals surface area contributed by atoms with Crippen LogP contribution in [0.4, 0.5) is 0 Å². The number of aryl methyl sites for hydroxylation is 1. The van der Waals surface area contributed by atoms with Crippen LogP contribution in [-0.2, 0) is 21.3 Å². The normalized spacial score (nSPS) is 23.9. The predicted octanol–water partition coefficient (Wildman–Crippen LogP) is 1.10. The molecule has 1 unspecified atom stereocenters. The van der Waals surface area contributed by atoms with Gasteiger partial charge in [-0.1, -0.05) is 20.8 Å². The summed E-state index contributed by atoms with van der Waals surface area (Å²) in [6.45, 7) is 8.51. The molecule has 1 saturated heterocycles. The molecule has 1 fully saturated rings. The third-order valence-corrected chi connectivity index (χ3v) is 5.97. The summed E-state index contributed by atoms with van der Waals surface area (Å²) in [6.07, 6.45) is 2.12. The van der Waals surface area contributed by atoms with Gasteiger partial charge in [0.2, 0.25) is 15.9 Å². The number of sulfonamides is 1. The molecule has 1 aromatic rings. The third-order valence-electron chi connectivity index (χ3n) is 4.13. The second kappa shape index (κ2) is 5.50. The molecule has 0 amide bonds. The van der Waals surface area contributed by atoms with E-state index in [2.05, 4.69) is 25.9 Å². The van der Waals surface area contributed by atoms with Crippen molar-refractivity contribution < 1.29 is 17.9 Å². The molecule has 3 heterocycles. The van der Waals surface area contributed by atoms with Gasteiger partial charge in [-0.05, 0) is 5.41 Å². The highest BCUT2D eigenvalue weighted by Gasteiger charge is 2.38. The molecule has 1 atom stereocenters. The number of nitrogens with zero attached hydrogens (tertiary/aromatic N) is 3. The highest BCUT2D eigenvalue weighted by Crippen LogP contribution is 2.32. The zero-order chi connectivity index (χ0) is 16.0. The molecule has 0 bridgehead atoms. The number of morpholine rings is 1. The molecule has 0 saturated carbocycles. The van der Waals surface area contributed by atoms with Gasteiger partial charge in [0.1, 0.15) is 0 Å². The number of aromatic nitrogens is 2. The molecule has 2 aliphatic heterocycles. The van der Waals surface area contributed by atoms with Crippen LogP contribution in [0.25, 0.3) is 0 Å². The Hall–Kier alpha value is -1.12. The van der Waals surface area contributed by atoms with Crippen molar-refractivity contribution in [3.63, 3.8) is 0 Å². The largest absolute Gasteiger partial charge is 0.477 e. The van der Waals surface area contributed by atoms with E-state index in [0.29, 0.717) is 38.7 Å². The van der Waals surface area contributed by atoms with Crippen LogP contribution in [0.1, 0.15) is 27.2 Å². The quantitative estimate of drug-likeness (QED) is 0.812. The molecule has 0 aromatic carbocycles. The maximum atomic E-state index is 12.9. The first-order chi connectivity index (χ1) is 10.3. The van der Waals surface area contributed by atoms with Gasteiger partial charge in [-0.3, -0.25) is 0 Å². The van der Waals surface area contributed by atoms with Gasteiger partial charge in [0.05, 0.1) is 25.5 Å². The number of fused-ring (bicyclic) bond motifs is 1. The Balaban J connectivity index is 1.88. The molecule has 3 rings (SSSR count). The minimum absolute atomic E-state index is 0.108. The van der Waals surface area contributed by atoms with Gasteiger partial charge in [-0.15, -0.1) is 0 Å². The standard InChI is InChI=1S/C14H23N3O4S/c1-14(2,3)12-10-16(6-8-20-12)22(18,19)11-9-15-17-5-4-7-21-13(11)17/h9,12H,4-8,10H2,1-3H3. The fraction of sp³-hybridized carbons (Fsp3) is 0.786. The van der Waals surface area contributed by atoms with E-state index in [1.807, 2.05) is 0 Å². The third kappa shape index (κ3) is 2.75. The first kappa shape index (κ1) is 15.8. The van der Waals surface area contributed by atoms with Crippen molar-refractivity contribution in [2.75, 3.05) is 26.3 Å². The predicted molar refractivity (Wildman–Crippen MR) is 80.3 cm³/mol. The van der Waals surface area contributed by atoms with Crippen molar-refractivity contribution in [2.45, 2.75) is 44.7 Å². The molecule has 22 heavy (non-hydrogen) atoms. The molecule has 7 nitrogen and oxygen atoms in total. The average molecular weight is 329 g/mol. The van der Waals surface area contributed by atoms with Gasteiger partial charge in [0.25, 0.3) is 0 Å². The lowest BCUT2D eigenvalue weighted by Gasteiger charge is -2.38. The Bertz CT molecular complexity index is 648. The Kier molecular flexibility index (Phi) is 3.94. The zero-order valence-electron chi connectivity index (χ0n) is 13.3. The van der Waals surface area contributed by atoms with E-state index >= 15 is 0 Å². The SMILES string of the molecule is CC(C)(C)C1CN(S(=O)(=O)c2cnn3c2OCCC3)CCO1. The van der Waals surface area contributed by atoms with Gasteiger partial charge in [0.15, 0.2) is 4.90 Å². The number of hydrogen-bond acceptors (Lipinski definition) is 5. The van der Waals surface area contributed by atoms with Crippen LogP contribution in [0.3, 0.4) is 0 Å². The van der Waals surface area contributed by atoms with Crippen LogP contribution in [-0.4, -0.2) is 54.9 Å². The fourth-order valence-electron chi connectivity index (χ4n) is 2.73. The van der Waals surface area contributed by atoms with Crippen molar-refractivity contribution in [2.24, 2.45) is 5.41 Å². The highest BCUT2D eigenvalue weighted by molar-refractivity contribution is 7.89. The van der Waals surface area contributed by atoms with Crippen LogP contribution in [0.2, 0.25) is 0 Å². The van der Waals surface area contributed by atoms with Crippen LogP contribution in [0.15, 0.2) is 11.1 Å². The summed E-state index contributed by atoms with van der Waals surface area (Å²) in [7, 11) is -3.61. The van der Waals surface area contributed by atoms with Crippen molar-refractivity contribution in [3.8, 4) is 5.88 Å². The summed E-state index contributed by atoms with van der Waals surface area (Å²) in [6, 6.07) is 0. The van der Waals surface area contributed by atoms with Crippen molar-refractivity contribution >= 4 is 10.0 Å². The summed E-state index contributed by atoms with van der Waals surface area (Å²) < 4.78 is 40.2.